The third kappa shape index (κ3) is 4.70. The fourth-order valence-corrected chi connectivity index (χ4v) is 4.56. The van der Waals surface area contributed by atoms with Crippen LogP contribution in [0.3, 0.4) is 0 Å². The van der Waals surface area contributed by atoms with Gasteiger partial charge in [0.05, 0.1) is 22.7 Å². The Hall–Kier alpha value is -1.87. The molecule has 3 rings (SSSR count). The molecule has 2 N–H and O–H groups in total. The number of halogens is 1. The second-order valence-electron chi connectivity index (χ2n) is 5.91. The van der Waals surface area contributed by atoms with Crippen LogP contribution in [-0.4, -0.2) is 25.6 Å². The quantitative estimate of drug-likeness (QED) is 0.457. The van der Waals surface area contributed by atoms with E-state index < -0.39 is 0 Å². The lowest BCUT2D eigenvalue weighted by atomic mass is 10.1. The monoisotopic (exact) mass is 496 g/mol. The predicted octanol–water partition coefficient (Wildman–Crippen LogP) is 4.47. The number of benzene rings is 2. The number of amides is 1. The van der Waals surface area contributed by atoms with Crippen molar-refractivity contribution in [2.45, 2.75) is 18.8 Å². The van der Waals surface area contributed by atoms with E-state index in [4.69, 9.17) is 9.47 Å². The van der Waals surface area contributed by atoms with Crippen molar-refractivity contribution < 1.29 is 14.3 Å². The van der Waals surface area contributed by atoms with Crippen LogP contribution in [0.25, 0.3) is 6.08 Å². The van der Waals surface area contributed by atoms with E-state index in [-0.39, 0.29) is 11.4 Å². The smallest absolute Gasteiger partial charge is 0.260 e. The van der Waals surface area contributed by atoms with E-state index >= 15 is 0 Å². The first-order valence-electron chi connectivity index (χ1n) is 8.50. The van der Waals surface area contributed by atoms with Crippen molar-refractivity contribution in [1.29, 1.82) is 0 Å². The highest BCUT2D eigenvalue weighted by Gasteiger charge is 2.27. The molecule has 0 radical (unpaired) electrons. The van der Waals surface area contributed by atoms with Crippen molar-refractivity contribution in [3.8, 4) is 11.5 Å². The standard InChI is InChI=1S/C20H21IN2O3S/c1-4-12-5-7-14(8-6-12)22-20-23-19(24)17(27-20)11-13-9-15(21)18(26-3)16(10-13)25-2/h5-11,20,22H,4H2,1-3H3,(H,23,24)/b17-11-/t20-/m0/s1. The first-order valence-corrected chi connectivity index (χ1v) is 10.5. The molecule has 0 aromatic heterocycles. The summed E-state index contributed by atoms with van der Waals surface area (Å²) < 4.78 is 11.7. The number of methoxy groups -OCH3 is 2. The van der Waals surface area contributed by atoms with E-state index in [1.54, 1.807) is 14.2 Å². The lowest BCUT2D eigenvalue weighted by Crippen LogP contribution is -2.30. The molecule has 142 valence electrons. The van der Waals surface area contributed by atoms with Gasteiger partial charge in [-0.25, -0.2) is 0 Å². The molecule has 1 aliphatic rings. The zero-order valence-corrected chi connectivity index (χ0v) is 18.3. The first kappa shape index (κ1) is 19.9. The Morgan fingerprint density at radius 1 is 1.22 bits per heavy atom. The molecule has 2 aromatic rings. The lowest BCUT2D eigenvalue weighted by molar-refractivity contribution is -0.116. The molecule has 2 aromatic carbocycles. The molecule has 27 heavy (non-hydrogen) atoms. The van der Waals surface area contributed by atoms with Crippen molar-refractivity contribution in [2.24, 2.45) is 0 Å². The van der Waals surface area contributed by atoms with Gasteiger partial charge in [0.1, 0.15) is 0 Å². The van der Waals surface area contributed by atoms with Crippen LogP contribution in [-0.2, 0) is 11.2 Å². The molecule has 1 heterocycles. The Balaban J connectivity index is 1.76. The van der Waals surface area contributed by atoms with Crippen LogP contribution in [0.5, 0.6) is 11.5 Å². The van der Waals surface area contributed by atoms with E-state index in [9.17, 15) is 4.79 Å². The van der Waals surface area contributed by atoms with Crippen LogP contribution in [0.15, 0.2) is 41.3 Å². The Kier molecular flexibility index (Phi) is 6.54. The minimum atomic E-state index is -0.199. The molecule has 0 aliphatic carbocycles. The van der Waals surface area contributed by atoms with Crippen molar-refractivity contribution in [3.63, 3.8) is 0 Å². The average molecular weight is 496 g/mol. The summed E-state index contributed by atoms with van der Waals surface area (Å²) in [5.74, 6) is 1.25. The zero-order chi connectivity index (χ0) is 19.4. The second kappa shape index (κ2) is 8.88. The predicted molar refractivity (Wildman–Crippen MR) is 119 cm³/mol. The molecule has 0 spiro atoms. The van der Waals surface area contributed by atoms with Gasteiger partial charge in [0.15, 0.2) is 17.0 Å². The summed E-state index contributed by atoms with van der Waals surface area (Å²) in [5, 5.41) is 6.29. The maximum atomic E-state index is 12.3. The van der Waals surface area contributed by atoms with E-state index in [1.165, 1.54) is 17.3 Å². The molecule has 5 nitrogen and oxygen atoms in total. The number of aryl methyl sites for hydroxylation is 1. The van der Waals surface area contributed by atoms with E-state index in [2.05, 4.69) is 52.3 Å². The number of hydrogen-bond donors (Lipinski definition) is 2. The summed E-state index contributed by atoms with van der Waals surface area (Å²) >= 11 is 3.66. The number of thioether (sulfide) groups is 1. The number of hydrogen-bond acceptors (Lipinski definition) is 5. The Morgan fingerprint density at radius 2 is 1.96 bits per heavy atom. The van der Waals surface area contributed by atoms with Crippen LogP contribution in [0.1, 0.15) is 18.1 Å². The summed E-state index contributed by atoms with van der Waals surface area (Å²) in [5.41, 5.74) is 2.96. The summed E-state index contributed by atoms with van der Waals surface area (Å²) in [6.07, 6.45) is 2.87. The zero-order valence-electron chi connectivity index (χ0n) is 15.3. The van der Waals surface area contributed by atoms with Crippen molar-refractivity contribution in [2.75, 3.05) is 19.5 Å². The number of anilines is 1. The number of ether oxygens (including phenoxy) is 2. The Morgan fingerprint density at radius 3 is 2.59 bits per heavy atom. The normalized spacial score (nSPS) is 17.7. The van der Waals surface area contributed by atoms with Crippen molar-refractivity contribution in [3.05, 3.63) is 56.0 Å². The van der Waals surface area contributed by atoms with Gasteiger partial charge in [-0.2, -0.15) is 0 Å². The third-order valence-corrected chi connectivity index (χ3v) is 5.97. The van der Waals surface area contributed by atoms with Gasteiger partial charge in [0.25, 0.3) is 5.91 Å². The number of nitrogens with one attached hydrogen (secondary N) is 2. The average Bonchev–Trinajstić information content (AvgIpc) is 3.00. The fourth-order valence-electron chi connectivity index (χ4n) is 2.73. The highest BCUT2D eigenvalue weighted by Crippen LogP contribution is 2.36. The molecule has 7 heteroatoms. The summed E-state index contributed by atoms with van der Waals surface area (Å²) in [6, 6.07) is 12.1. The van der Waals surface area contributed by atoms with Crippen LogP contribution in [0.4, 0.5) is 5.69 Å². The molecule has 0 saturated carbocycles. The molecule has 1 atom stereocenters. The van der Waals surface area contributed by atoms with Gasteiger partial charge >= 0.3 is 0 Å². The molecule has 0 unspecified atom stereocenters. The van der Waals surface area contributed by atoms with Crippen LogP contribution < -0.4 is 20.1 Å². The molecular weight excluding hydrogens is 475 g/mol. The number of rotatable bonds is 6. The van der Waals surface area contributed by atoms with E-state index in [1.807, 2.05) is 30.3 Å². The van der Waals surface area contributed by atoms with Gasteiger partial charge in [-0.05, 0) is 70.5 Å². The number of carbonyl (C=O) groups excluding carboxylic acids is 1. The maximum absolute atomic E-state index is 12.3. The molecule has 0 bridgehead atoms. The maximum Gasteiger partial charge on any atom is 0.260 e. The van der Waals surface area contributed by atoms with Gasteiger partial charge < -0.3 is 20.1 Å². The van der Waals surface area contributed by atoms with Crippen molar-refractivity contribution in [1.82, 2.24) is 5.32 Å². The van der Waals surface area contributed by atoms with Crippen LogP contribution in [0, 0.1) is 3.57 Å². The van der Waals surface area contributed by atoms with E-state index in [0.717, 1.165) is 21.2 Å². The fraction of sp³-hybridized carbons (Fsp3) is 0.250. The summed E-state index contributed by atoms with van der Waals surface area (Å²) in [4.78, 5) is 13.0. The second-order valence-corrected chi connectivity index (χ2v) is 8.22. The van der Waals surface area contributed by atoms with E-state index in [0.29, 0.717) is 16.4 Å². The highest BCUT2D eigenvalue weighted by atomic mass is 127. The molecule has 1 amide bonds. The molecule has 1 saturated heterocycles. The molecular formula is C20H21IN2O3S. The molecule has 1 aliphatic heterocycles. The third-order valence-electron chi connectivity index (χ3n) is 4.14. The largest absolute Gasteiger partial charge is 0.493 e. The topological polar surface area (TPSA) is 59.6 Å². The summed E-state index contributed by atoms with van der Waals surface area (Å²) in [6.45, 7) is 2.13. The Labute approximate surface area is 177 Å². The number of carbonyl (C=O) groups is 1. The van der Waals surface area contributed by atoms with Gasteiger partial charge in [-0.3, -0.25) is 4.79 Å². The lowest BCUT2D eigenvalue weighted by Gasteiger charge is -2.13. The summed E-state index contributed by atoms with van der Waals surface area (Å²) in [7, 11) is 3.22. The van der Waals surface area contributed by atoms with Gasteiger partial charge in [-0.1, -0.05) is 30.8 Å². The minimum Gasteiger partial charge on any atom is -0.493 e. The van der Waals surface area contributed by atoms with Gasteiger partial charge in [0, 0.05) is 5.69 Å². The SMILES string of the molecule is CCc1ccc(N[C@H]2NC(=O)/C(=C/c3cc(I)c(OC)c(OC)c3)S2)cc1. The Bertz CT molecular complexity index is 868. The first-order chi connectivity index (χ1) is 13.0. The highest BCUT2D eigenvalue weighted by molar-refractivity contribution is 14.1. The van der Waals surface area contributed by atoms with Gasteiger partial charge in [-0.15, -0.1) is 0 Å². The van der Waals surface area contributed by atoms with Crippen LogP contribution in [0.2, 0.25) is 0 Å². The van der Waals surface area contributed by atoms with Crippen LogP contribution >= 0.6 is 34.4 Å². The molecule has 1 fully saturated rings. The van der Waals surface area contributed by atoms with Crippen molar-refractivity contribution >= 4 is 52.0 Å². The van der Waals surface area contributed by atoms with Gasteiger partial charge in [0.2, 0.25) is 0 Å². The minimum absolute atomic E-state index is 0.0903.